The van der Waals surface area contributed by atoms with Crippen molar-refractivity contribution in [3.63, 3.8) is 0 Å². The molecule has 270 valence electrons. The summed E-state index contributed by atoms with van der Waals surface area (Å²) in [5.41, 5.74) is 0. The molecule has 3 nitrogen and oxygen atoms in total. The van der Waals surface area contributed by atoms with Crippen LogP contribution < -0.4 is 0 Å². The molecule has 0 amide bonds. The van der Waals surface area contributed by atoms with Crippen LogP contribution in [0.5, 0.6) is 0 Å². The molecule has 0 aromatic carbocycles. The van der Waals surface area contributed by atoms with Crippen molar-refractivity contribution in [1.82, 2.24) is 0 Å². The highest BCUT2D eigenvalue weighted by molar-refractivity contribution is 5.91. The Hall–Kier alpha value is -3.59. The molecule has 7 aliphatic carbocycles. The van der Waals surface area contributed by atoms with E-state index in [0.717, 1.165) is 44.8 Å². The van der Waals surface area contributed by atoms with Gasteiger partial charge in [0.15, 0.2) is 5.78 Å². The van der Waals surface area contributed by atoms with Crippen LogP contribution in [0.3, 0.4) is 0 Å². The predicted molar refractivity (Wildman–Crippen MR) is 214 cm³/mol. The Kier molecular flexibility index (Phi) is 33.0. The minimum atomic E-state index is 0.273. The molecule has 0 aromatic rings. The van der Waals surface area contributed by atoms with Crippen LogP contribution in [0.1, 0.15) is 129 Å². The second-order valence-electron chi connectivity index (χ2n) is 12.5. The van der Waals surface area contributed by atoms with Crippen molar-refractivity contribution in [3.8, 4) is 0 Å². The zero-order valence-corrected chi connectivity index (χ0v) is 30.9. The van der Waals surface area contributed by atoms with Crippen LogP contribution in [0, 0.1) is 5.92 Å². The first-order valence-corrected chi connectivity index (χ1v) is 19.3. The monoisotopic (exact) mass is 669 g/mol. The van der Waals surface area contributed by atoms with E-state index in [2.05, 4.69) is 104 Å². The van der Waals surface area contributed by atoms with Gasteiger partial charge >= 0.3 is 0 Å². The Morgan fingerprint density at radius 3 is 1.16 bits per heavy atom. The molecule has 9 rings (SSSR count). The Bertz CT molecular complexity index is 999. The summed E-state index contributed by atoms with van der Waals surface area (Å²) in [5.74, 6) is 1.14. The van der Waals surface area contributed by atoms with Gasteiger partial charge in [0.1, 0.15) is 0 Å². The number of hydrogen-bond acceptors (Lipinski definition) is 3. The van der Waals surface area contributed by atoms with Crippen molar-refractivity contribution in [2.45, 2.75) is 129 Å². The standard InChI is InChI=1S/2C6H10.C6H8.C5H8O.C5H6O.C5H8.C5H6.C4H6O.C4H6/c1-6-4-2-3-5-6;3*1-2-4-6-5-3-1;6-5-3-1-2-4-5;3*1-2-4-5-3-1;1-2-4-3-1/h2,4,6H,3,5H2,1H3;1-2H,3-6H2;1-4H,5-6H2;2,4H,1,3,5H2;1,3H,2,4H2;1-2H,3-5H2;1-4H,5H2;1,3H,2,4H2;1-2H,3-4H2. The second-order valence-corrected chi connectivity index (χ2v) is 12.5. The number of carbonyl (C=O) groups is 1. The number of ketones is 1. The van der Waals surface area contributed by atoms with Crippen LogP contribution in [0.15, 0.2) is 134 Å². The van der Waals surface area contributed by atoms with E-state index in [0.29, 0.717) is 0 Å². The first-order valence-electron chi connectivity index (χ1n) is 19.3. The van der Waals surface area contributed by atoms with E-state index in [1.165, 1.54) is 96.3 Å². The SMILES string of the molecule is C1=CCC1.C1=CCC=C1.C1=CCCC1.C1=CCCC=C1.C1=CCCCC1.C1=COCC1.C1=COCCC1.CC1C=CCC1.O=C1C=CCC1. The van der Waals surface area contributed by atoms with E-state index >= 15 is 0 Å². The summed E-state index contributed by atoms with van der Waals surface area (Å²) in [5, 5.41) is 0. The Labute approximate surface area is 301 Å². The van der Waals surface area contributed by atoms with Gasteiger partial charge in [-0.3, -0.25) is 4.79 Å². The van der Waals surface area contributed by atoms with Gasteiger partial charge in [0.05, 0.1) is 25.7 Å². The van der Waals surface area contributed by atoms with E-state index in [1.54, 1.807) is 18.6 Å². The number of allylic oxidation sites excluding steroid dienone is 19. The summed E-state index contributed by atoms with van der Waals surface area (Å²) in [4.78, 5) is 10.2. The largest absolute Gasteiger partial charge is 0.502 e. The van der Waals surface area contributed by atoms with Crippen molar-refractivity contribution in [2.75, 3.05) is 13.2 Å². The zero-order valence-electron chi connectivity index (χ0n) is 30.9. The molecule has 0 spiro atoms. The summed E-state index contributed by atoms with van der Waals surface area (Å²) < 4.78 is 9.65. The molecule has 1 unspecified atom stereocenters. The maximum atomic E-state index is 10.2. The normalized spacial score (nSPS) is 21.2. The fraction of sp³-hybridized carbons (Fsp3) is 0.500. The van der Waals surface area contributed by atoms with Gasteiger partial charge < -0.3 is 9.47 Å². The van der Waals surface area contributed by atoms with E-state index in [-0.39, 0.29) is 5.78 Å². The predicted octanol–water partition coefficient (Wildman–Crippen LogP) is 13.7. The van der Waals surface area contributed by atoms with Gasteiger partial charge in [0, 0.05) is 12.8 Å². The summed E-state index contributed by atoms with van der Waals surface area (Å²) in [7, 11) is 0. The molecule has 0 saturated carbocycles. The first kappa shape index (κ1) is 43.4. The molecule has 2 heterocycles. The van der Waals surface area contributed by atoms with E-state index < -0.39 is 0 Å². The minimum Gasteiger partial charge on any atom is -0.502 e. The van der Waals surface area contributed by atoms with Gasteiger partial charge in [0.2, 0.25) is 0 Å². The average molecular weight is 669 g/mol. The molecule has 1 atom stereocenters. The second kappa shape index (κ2) is 37.2. The topological polar surface area (TPSA) is 35.5 Å². The van der Waals surface area contributed by atoms with Crippen molar-refractivity contribution in [3.05, 3.63) is 134 Å². The fourth-order valence-corrected chi connectivity index (χ4v) is 4.59. The molecular weight excluding hydrogens is 601 g/mol. The van der Waals surface area contributed by atoms with Gasteiger partial charge in [-0.2, -0.15) is 0 Å². The molecule has 3 heteroatoms. The van der Waals surface area contributed by atoms with E-state index in [1.807, 2.05) is 18.2 Å². The van der Waals surface area contributed by atoms with Gasteiger partial charge in [-0.25, -0.2) is 0 Å². The Morgan fingerprint density at radius 1 is 0.469 bits per heavy atom. The third kappa shape index (κ3) is 35.5. The van der Waals surface area contributed by atoms with E-state index in [9.17, 15) is 4.79 Å². The summed E-state index contributed by atoms with van der Waals surface area (Å²) in [6, 6.07) is 0. The quantitative estimate of drug-likeness (QED) is 0.241. The maximum Gasteiger partial charge on any atom is 0.155 e. The highest BCUT2D eigenvalue weighted by Gasteiger charge is 1.99. The third-order valence-corrected chi connectivity index (χ3v) is 7.81. The smallest absolute Gasteiger partial charge is 0.155 e. The van der Waals surface area contributed by atoms with Crippen molar-refractivity contribution >= 4 is 5.78 Å². The molecule has 0 N–H and O–H groups in total. The average Bonchev–Trinajstić information content (AvgIpc) is 4.00. The Balaban J connectivity index is 0.000000276. The molecule has 0 aromatic heterocycles. The van der Waals surface area contributed by atoms with Crippen LogP contribution in [0.25, 0.3) is 0 Å². The lowest BCUT2D eigenvalue weighted by atomic mass is 10.1. The first-order chi connectivity index (χ1) is 24.3. The van der Waals surface area contributed by atoms with Crippen LogP contribution in [0.2, 0.25) is 0 Å². The fourth-order valence-electron chi connectivity index (χ4n) is 4.59. The van der Waals surface area contributed by atoms with Crippen molar-refractivity contribution in [1.29, 1.82) is 0 Å². The van der Waals surface area contributed by atoms with Crippen molar-refractivity contribution < 1.29 is 14.3 Å². The van der Waals surface area contributed by atoms with Gasteiger partial charge in [-0.15, -0.1) is 0 Å². The lowest BCUT2D eigenvalue weighted by Gasteiger charge is -2.01. The number of carbonyl (C=O) groups excluding carboxylic acids is 1. The van der Waals surface area contributed by atoms with Gasteiger partial charge in [-0.1, -0.05) is 110 Å². The highest BCUT2D eigenvalue weighted by Crippen LogP contribution is 2.14. The number of rotatable bonds is 0. The van der Waals surface area contributed by atoms with Gasteiger partial charge in [0.25, 0.3) is 0 Å². The molecule has 9 aliphatic rings. The molecular formula is C46H68O3. The molecule has 0 bridgehead atoms. The van der Waals surface area contributed by atoms with E-state index in [4.69, 9.17) is 9.47 Å². The van der Waals surface area contributed by atoms with Crippen LogP contribution in [0.4, 0.5) is 0 Å². The third-order valence-electron chi connectivity index (χ3n) is 7.81. The highest BCUT2D eigenvalue weighted by atomic mass is 16.5. The molecule has 0 radical (unpaired) electrons. The zero-order chi connectivity index (χ0) is 35.0. The summed E-state index contributed by atoms with van der Waals surface area (Å²) in [6.45, 7) is 4.06. The number of ether oxygens (including phenoxy) is 2. The number of hydrogen-bond donors (Lipinski definition) is 0. The molecule has 2 aliphatic heterocycles. The minimum absolute atomic E-state index is 0.273. The Morgan fingerprint density at radius 2 is 1.00 bits per heavy atom. The van der Waals surface area contributed by atoms with Gasteiger partial charge in [-0.05, 0) is 133 Å². The van der Waals surface area contributed by atoms with Crippen LogP contribution in [-0.4, -0.2) is 19.0 Å². The van der Waals surface area contributed by atoms with Crippen LogP contribution >= 0.6 is 0 Å². The maximum absolute atomic E-state index is 10.2. The lowest BCUT2D eigenvalue weighted by Crippen LogP contribution is -1.90. The van der Waals surface area contributed by atoms with Crippen molar-refractivity contribution in [2.24, 2.45) is 5.92 Å². The van der Waals surface area contributed by atoms with Crippen LogP contribution in [-0.2, 0) is 14.3 Å². The summed E-state index contributed by atoms with van der Waals surface area (Å²) >= 11 is 0. The lowest BCUT2D eigenvalue weighted by molar-refractivity contribution is -0.114. The summed E-state index contributed by atoms with van der Waals surface area (Å²) in [6.07, 6.45) is 69.5. The molecule has 49 heavy (non-hydrogen) atoms. The molecule has 0 saturated heterocycles. The molecule has 0 fully saturated rings.